The maximum absolute atomic E-state index is 11.0. The van der Waals surface area contributed by atoms with Gasteiger partial charge >= 0.3 is 5.97 Å². The van der Waals surface area contributed by atoms with Crippen LogP contribution in [-0.4, -0.2) is 34.3 Å². The van der Waals surface area contributed by atoms with E-state index in [1.54, 1.807) is 18.3 Å². The Morgan fingerprint density at radius 2 is 2.33 bits per heavy atom. The van der Waals surface area contributed by atoms with E-state index < -0.39 is 5.97 Å². The molecule has 1 rings (SSSR count). The number of carbonyl (C=O) groups is 1. The van der Waals surface area contributed by atoms with Crippen LogP contribution in [0.15, 0.2) is 18.3 Å². The largest absolute Gasteiger partial charge is 0.478 e. The third kappa shape index (κ3) is 4.43. The lowest BCUT2D eigenvalue weighted by molar-refractivity contribution is 0.0695. The highest BCUT2D eigenvalue weighted by molar-refractivity contribution is 5.88. The molecule has 0 bridgehead atoms. The van der Waals surface area contributed by atoms with E-state index in [9.17, 15) is 4.79 Å². The number of nitrogens with one attached hydrogen (secondary N) is 1. The second-order valence-electron chi connectivity index (χ2n) is 4.22. The Morgan fingerprint density at radius 3 is 2.94 bits per heavy atom. The summed E-state index contributed by atoms with van der Waals surface area (Å²) in [5.41, 5.74) is 0.782. The number of carboxylic acids is 1. The van der Waals surface area contributed by atoms with Crippen molar-refractivity contribution in [1.82, 2.24) is 10.3 Å². The maximum Gasteiger partial charge on any atom is 0.337 e. The minimum atomic E-state index is -0.956. The van der Waals surface area contributed by atoms with Crippen molar-refractivity contribution in [1.29, 1.82) is 0 Å². The number of rotatable bonds is 8. The first-order valence-corrected chi connectivity index (χ1v) is 6.17. The number of hydrogen-bond donors (Lipinski definition) is 3. The summed E-state index contributed by atoms with van der Waals surface area (Å²) in [5.74, 6) is -0.547. The second kappa shape index (κ2) is 7.79. The van der Waals surface area contributed by atoms with Crippen molar-refractivity contribution in [3.8, 4) is 0 Å². The van der Waals surface area contributed by atoms with Crippen molar-refractivity contribution in [3.05, 3.63) is 29.6 Å². The molecule has 100 valence electrons. The molecule has 0 aliphatic heterocycles. The van der Waals surface area contributed by atoms with Crippen LogP contribution in [0.2, 0.25) is 0 Å². The molecule has 0 aliphatic rings. The molecular weight excluding hydrogens is 232 g/mol. The van der Waals surface area contributed by atoms with Gasteiger partial charge in [-0.05, 0) is 31.0 Å². The molecule has 3 N–H and O–H groups in total. The number of aliphatic hydroxyl groups excluding tert-OH is 1. The molecule has 18 heavy (non-hydrogen) atoms. The van der Waals surface area contributed by atoms with Gasteiger partial charge in [-0.1, -0.05) is 13.3 Å². The molecule has 5 heteroatoms. The Morgan fingerprint density at radius 1 is 1.56 bits per heavy atom. The lowest BCUT2D eigenvalue weighted by Gasteiger charge is -2.14. The van der Waals surface area contributed by atoms with Gasteiger partial charge in [0.25, 0.3) is 0 Å². The highest BCUT2D eigenvalue weighted by Crippen LogP contribution is 2.08. The highest BCUT2D eigenvalue weighted by Gasteiger charge is 2.11. The fraction of sp³-hybridized carbons (Fsp3) is 0.538. The topological polar surface area (TPSA) is 82.5 Å². The van der Waals surface area contributed by atoms with Gasteiger partial charge in [0.1, 0.15) is 0 Å². The first-order chi connectivity index (χ1) is 8.69. The summed E-state index contributed by atoms with van der Waals surface area (Å²) in [6, 6.07) is 3.17. The molecule has 5 nitrogen and oxygen atoms in total. The van der Waals surface area contributed by atoms with Crippen LogP contribution in [-0.2, 0) is 6.54 Å². The lowest BCUT2D eigenvalue weighted by Crippen LogP contribution is -2.24. The van der Waals surface area contributed by atoms with E-state index in [4.69, 9.17) is 10.2 Å². The van der Waals surface area contributed by atoms with Crippen molar-refractivity contribution in [2.75, 3.05) is 13.2 Å². The van der Waals surface area contributed by atoms with E-state index in [0.29, 0.717) is 18.2 Å². The van der Waals surface area contributed by atoms with Crippen molar-refractivity contribution >= 4 is 5.97 Å². The van der Waals surface area contributed by atoms with Gasteiger partial charge in [0.15, 0.2) is 0 Å². The summed E-state index contributed by atoms with van der Waals surface area (Å²) in [4.78, 5) is 15.1. The van der Waals surface area contributed by atoms with Crippen LogP contribution in [0.1, 0.15) is 35.8 Å². The van der Waals surface area contributed by atoms with Crippen LogP contribution in [0.4, 0.5) is 0 Å². The summed E-state index contributed by atoms with van der Waals surface area (Å²) < 4.78 is 0. The van der Waals surface area contributed by atoms with Crippen LogP contribution in [0.25, 0.3) is 0 Å². The molecule has 0 aliphatic carbocycles. The molecule has 1 aromatic rings. The van der Waals surface area contributed by atoms with Crippen molar-refractivity contribution in [3.63, 3.8) is 0 Å². The molecule has 0 aromatic carbocycles. The van der Waals surface area contributed by atoms with Crippen molar-refractivity contribution in [2.45, 2.75) is 26.3 Å². The fourth-order valence-corrected chi connectivity index (χ4v) is 1.80. The number of aromatic carboxylic acids is 1. The number of aliphatic hydroxyl groups is 1. The Labute approximate surface area is 107 Å². The molecule has 0 radical (unpaired) electrons. The Kier molecular flexibility index (Phi) is 6.32. The average molecular weight is 252 g/mol. The lowest BCUT2D eigenvalue weighted by atomic mass is 10.0. The van der Waals surface area contributed by atoms with Gasteiger partial charge in [-0.25, -0.2) is 4.79 Å². The van der Waals surface area contributed by atoms with Crippen LogP contribution < -0.4 is 5.32 Å². The zero-order valence-corrected chi connectivity index (χ0v) is 10.6. The predicted octanol–water partition coefficient (Wildman–Crippen LogP) is 1.28. The molecule has 1 atom stereocenters. The second-order valence-corrected chi connectivity index (χ2v) is 4.22. The van der Waals surface area contributed by atoms with Gasteiger partial charge in [-0.15, -0.1) is 0 Å². The third-order valence-corrected chi connectivity index (χ3v) is 2.96. The molecule has 1 aromatic heterocycles. The van der Waals surface area contributed by atoms with Crippen LogP contribution in [0.3, 0.4) is 0 Å². The minimum absolute atomic E-state index is 0.185. The molecule has 0 amide bonds. The number of hydrogen-bond acceptors (Lipinski definition) is 4. The minimum Gasteiger partial charge on any atom is -0.478 e. The quantitative estimate of drug-likeness (QED) is 0.649. The zero-order chi connectivity index (χ0) is 13.4. The van der Waals surface area contributed by atoms with E-state index in [1.165, 1.54) is 0 Å². The van der Waals surface area contributed by atoms with E-state index in [1.807, 2.05) is 0 Å². The van der Waals surface area contributed by atoms with Gasteiger partial charge < -0.3 is 15.5 Å². The van der Waals surface area contributed by atoms with Gasteiger partial charge in [-0.2, -0.15) is 0 Å². The molecule has 0 spiro atoms. The average Bonchev–Trinajstić information content (AvgIpc) is 2.38. The summed E-state index contributed by atoms with van der Waals surface area (Å²) in [6.45, 7) is 3.45. The Balaban J connectivity index is 2.50. The number of pyridine rings is 1. The van der Waals surface area contributed by atoms with E-state index in [0.717, 1.165) is 19.4 Å². The van der Waals surface area contributed by atoms with Crippen LogP contribution in [0.5, 0.6) is 0 Å². The number of nitrogens with zero attached hydrogens (tertiary/aromatic N) is 1. The SMILES string of the molecule is CCC(CCO)CNCc1ncccc1C(=O)O. The van der Waals surface area contributed by atoms with Crippen molar-refractivity contribution < 1.29 is 15.0 Å². The molecule has 0 saturated heterocycles. The molecule has 0 fully saturated rings. The molecule has 0 saturated carbocycles. The van der Waals surface area contributed by atoms with Crippen LogP contribution in [0, 0.1) is 5.92 Å². The third-order valence-electron chi connectivity index (χ3n) is 2.96. The normalized spacial score (nSPS) is 12.3. The number of aromatic nitrogens is 1. The summed E-state index contributed by atoms with van der Waals surface area (Å²) >= 11 is 0. The highest BCUT2D eigenvalue weighted by atomic mass is 16.4. The monoisotopic (exact) mass is 252 g/mol. The van der Waals surface area contributed by atoms with E-state index in [2.05, 4.69) is 17.2 Å². The summed E-state index contributed by atoms with van der Waals surface area (Å²) in [5, 5.41) is 21.1. The first-order valence-electron chi connectivity index (χ1n) is 6.17. The van der Waals surface area contributed by atoms with Crippen LogP contribution >= 0.6 is 0 Å². The summed E-state index contributed by atoms with van der Waals surface area (Å²) in [7, 11) is 0. The number of carboxylic acid groups (broad SMARTS) is 1. The predicted molar refractivity (Wildman–Crippen MR) is 68.4 cm³/mol. The van der Waals surface area contributed by atoms with Gasteiger partial charge in [-0.3, -0.25) is 4.98 Å². The van der Waals surface area contributed by atoms with Gasteiger partial charge in [0.2, 0.25) is 0 Å². The fourth-order valence-electron chi connectivity index (χ4n) is 1.80. The zero-order valence-electron chi connectivity index (χ0n) is 10.6. The Hall–Kier alpha value is -1.46. The van der Waals surface area contributed by atoms with E-state index >= 15 is 0 Å². The van der Waals surface area contributed by atoms with Crippen molar-refractivity contribution in [2.24, 2.45) is 5.92 Å². The summed E-state index contributed by atoms with van der Waals surface area (Å²) in [6.07, 6.45) is 3.34. The smallest absolute Gasteiger partial charge is 0.337 e. The molecule has 1 unspecified atom stereocenters. The molecule has 1 heterocycles. The van der Waals surface area contributed by atoms with Gasteiger partial charge in [0.05, 0.1) is 11.3 Å². The van der Waals surface area contributed by atoms with Gasteiger partial charge in [0, 0.05) is 19.3 Å². The maximum atomic E-state index is 11.0. The molecular formula is C13H20N2O3. The first kappa shape index (κ1) is 14.6. The Bertz CT molecular complexity index is 382. The van der Waals surface area contributed by atoms with E-state index in [-0.39, 0.29) is 12.2 Å². The standard InChI is InChI=1S/C13H20N2O3/c1-2-10(5-7-16)8-14-9-12-11(13(17)18)4-3-6-15-12/h3-4,6,10,14,16H,2,5,7-9H2,1H3,(H,17,18).